The smallest absolute Gasteiger partial charge is 0.00303 e. The minimum absolute atomic E-state index is 0.341. The van der Waals surface area contributed by atoms with Gasteiger partial charge in [0.1, 0.15) is 0 Å². The number of rotatable bonds is 1. The average Bonchev–Trinajstić information content (AvgIpc) is 2.56. The van der Waals surface area contributed by atoms with Crippen LogP contribution in [0, 0.1) is 11.3 Å². The highest BCUT2D eigenvalue weighted by molar-refractivity contribution is 5.41. The highest BCUT2D eigenvalue weighted by Crippen LogP contribution is 2.54. The standard InChI is InChI=1S/C16H24/c1-12(2)16(15(3,4)5)11-10-13-8-6-7-9-14(13)16/h6-9,12H,10-11H2,1-5H3. The van der Waals surface area contributed by atoms with E-state index in [1.807, 2.05) is 0 Å². The third kappa shape index (κ3) is 1.43. The highest BCUT2D eigenvalue weighted by Gasteiger charge is 2.49. The molecule has 0 nitrogen and oxygen atoms in total. The van der Waals surface area contributed by atoms with Gasteiger partial charge in [-0.15, -0.1) is 0 Å². The Bertz CT molecular complexity index is 381. The summed E-state index contributed by atoms with van der Waals surface area (Å²) in [6.07, 6.45) is 2.57. The van der Waals surface area contributed by atoms with Crippen LogP contribution < -0.4 is 0 Å². The van der Waals surface area contributed by atoms with Crippen LogP contribution in [-0.4, -0.2) is 0 Å². The number of hydrogen-bond acceptors (Lipinski definition) is 0. The summed E-state index contributed by atoms with van der Waals surface area (Å²) in [6.45, 7) is 12.0. The molecule has 0 spiro atoms. The molecule has 2 rings (SSSR count). The van der Waals surface area contributed by atoms with Crippen LogP contribution >= 0.6 is 0 Å². The average molecular weight is 216 g/mol. The van der Waals surface area contributed by atoms with Gasteiger partial charge in [-0.2, -0.15) is 0 Å². The zero-order valence-corrected chi connectivity index (χ0v) is 11.3. The molecule has 0 heteroatoms. The first kappa shape index (κ1) is 11.7. The van der Waals surface area contributed by atoms with Crippen LogP contribution in [0.15, 0.2) is 24.3 Å². The normalized spacial score (nSPS) is 24.9. The van der Waals surface area contributed by atoms with E-state index in [0.29, 0.717) is 16.7 Å². The van der Waals surface area contributed by atoms with Crippen LogP contribution in [0.2, 0.25) is 0 Å². The molecule has 0 bridgehead atoms. The molecule has 0 heterocycles. The lowest BCUT2D eigenvalue weighted by Gasteiger charge is -2.46. The van der Waals surface area contributed by atoms with E-state index in [1.54, 1.807) is 11.1 Å². The molecule has 0 N–H and O–H groups in total. The Morgan fingerprint density at radius 1 is 1.12 bits per heavy atom. The number of aryl methyl sites for hydroxylation is 1. The molecule has 0 aliphatic heterocycles. The molecular formula is C16H24. The van der Waals surface area contributed by atoms with E-state index in [4.69, 9.17) is 0 Å². The molecule has 0 aromatic heterocycles. The van der Waals surface area contributed by atoms with Gasteiger partial charge in [0.25, 0.3) is 0 Å². The van der Waals surface area contributed by atoms with Crippen molar-refractivity contribution < 1.29 is 0 Å². The molecular weight excluding hydrogens is 192 g/mol. The van der Waals surface area contributed by atoms with Crippen molar-refractivity contribution in [2.24, 2.45) is 11.3 Å². The summed E-state index contributed by atoms with van der Waals surface area (Å²) in [7, 11) is 0. The molecule has 1 aromatic rings. The number of benzene rings is 1. The van der Waals surface area contributed by atoms with Crippen molar-refractivity contribution in [3.05, 3.63) is 35.4 Å². The molecule has 0 radical (unpaired) electrons. The fraction of sp³-hybridized carbons (Fsp3) is 0.625. The molecule has 0 fully saturated rings. The number of hydrogen-bond donors (Lipinski definition) is 0. The Hall–Kier alpha value is -0.780. The van der Waals surface area contributed by atoms with Crippen molar-refractivity contribution in [2.45, 2.75) is 52.9 Å². The molecule has 0 saturated heterocycles. The fourth-order valence-electron chi connectivity index (χ4n) is 3.88. The monoisotopic (exact) mass is 216 g/mol. The quantitative estimate of drug-likeness (QED) is 0.645. The lowest BCUT2D eigenvalue weighted by Crippen LogP contribution is -2.42. The Morgan fingerprint density at radius 3 is 2.31 bits per heavy atom. The number of fused-ring (bicyclic) bond motifs is 1. The van der Waals surface area contributed by atoms with Crippen molar-refractivity contribution in [2.75, 3.05) is 0 Å². The highest BCUT2D eigenvalue weighted by atomic mass is 14.5. The second kappa shape index (κ2) is 3.61. The predicted octanol–water partition coefficient (Wildman–Crippen LogP) is 4.57. The SMILES string of the molecule is CC(C)C1(C(C)(C)C)CCc2ccccc21. The second-order valence-corrected chi connectivity index (χ2v) is 6.53. The summed E-state index contributed by atoms with van der Waals surface area (Å²) in [4.78, 5) is 0. The van der Waals surface area contributed by atoms with Gasteiger partial charge >= 0.3 is 0 Å². The van der Waals surface area contributed by atoms with Crippen LogP contribution in [0.5, 0.6) is 0 Å². The molecule has 1 unspecified atom stereocenters. The summed E-state index contributed by atoms with van der Waals surface area (Å²) in [5.74, 6) is 0.705. The van der Waals surface area contributed by atoms with E-state index >= 15 is 0 Å². The first-order chi connectivity index (χ1) is 7.39. The van der Waals surface area contributed by atoms with E-state index in [2.05, 4.69) is 58.9 Å². The van der Waals surface area contributed by atoms with Crippen molar-refractivity contribution in [1.82, 2.24) is 0 Å². The zero-order chi connectivity index (χ0) is 12.0. The van der Waals surface area contributed by atoms with Crippen LogP contribution in [0.4, 0.5) is 0 Å². The maximum Gasteiger partial charge on any atom is 0.00303 e. The zero-order valence-electron chi connectivity index (χ0n) is 11.3. The first-order valence-electron chi connectivity index (χ1n) is 6.48. The Morgan fingerprint density at radius 2 is 1.75 bits per heavy atom. The van der Waals surface area contributed by atoms with Crippen LogP contribution in [0.1, 0.15) is 52.2 Å². The lowest BCUT2D eigenvalue weighted by atomic mass is 9.57. The van der Waals surface area contributed by atoms with Gasteiger partial charge in [-0.05, 0) is 35.3 Å². The molecule has 1 aromatic carbocycles. The van der Waals surface area contributed by atoms with Gasteiger partial charge in [0.05, 0.1) is 0 Å². The van der Waals surface area contributed by atoms with Gasteiger partial charge < -0.3 is 0 Å². The van der Waals surface area contributed by atoms with Crippen molar-refractivity contribution in [3.8, 4) is 0 Å². The second-order valence-electron chi connectivity index (χ2n) is 6.53. The van der Waals surface area contributed by atoms with E-state index < -0.39 is 0 Å². The third-order valence-electron chi connectivity index (χ3n) is 4.61. The van der Waals surface area contributed by atoms with Crippen molar-refractivity contribution in [1.29, 1.82) is 0 Å². The van der Waals surface area contributed by atoms with Gasteiger partial charge in [0.15, 0.2) is 0 Å². The summed E-state index contributed by atoms with van der Waals surface area (Å²) in [6, 6.07) is 9.05. The van der Waals surface area contributed by atoms with Gasteiger partial charge in [0, 0.05) is 5.41 Å². The van der Waals surface area contributed by atoms with E-state index in [-0.39, 0.29) is 0 Å². The molecule has 0 amide bonds. The summed E-state index contributed by atoms with van der Waals surface area (Å²) >= 11 is 0. The third-order valence-corrected chi connectivity index (χ3v) is 4.61. The van der Waals surface area contributed by atoms with Crippen molar-refractivity contribution in [3.63, 3.8) is 0 Å². The maximum atomic E-state index is 2.40. The Labute approximate surface area is 100 Å². The predicted molar refractivity (Wildman–Crippen MR) is 70.7 cm³/mol. The van der Waals surface area contributed by atoms with Gasteiger partial charge in [0.2, 0.25) is 0 Å². The van der Waals surface area contributed by atoms with Gasteiger partial charge in [-0.25, -0.2) is 0 Å². The minimum Gasteiger partial charge on any atom is -0.0620 e. The largest absolute Gasteiger partial charge is 0.0620 e. The van der Waals surface area contributed by atoms with Crippen LogP contribution in [0.25, 0.3) is 0 Å². The lowest BCUT2D eigenvalue weighted by molar-refractivity contribution is 0.122. The van der Waals surface area contributed by atoms with E-state index in [9.17, 15) is 0 Å². The molecule has 88 valence electrons. The maximum absolute atomic E-state index is 2.40. The summed E-state index contributed by atoms with van der Waals surface area (Å²) in [5, 5.41) is 0. The summed E-state index contributed by atoms with van der Waals surface area (Å²) in [5.41, 5.74) is 3.89. The molecule has 16 heavy (non-hydrogen) atoms. The van der Waals surface area contributed by atoms with Crippen LogP contribution in [-0.2, 0) is 11.8 Å². The molecule has 0 saturated carbocycles. The minimum atomic E-state index is 0.341. The molecule has 1 aliphatic carbocycles. The van der Waals surface area contributed by atoms with E-state index in [0.717, 1.165) is 0 Å². The van der Waals surface area contributed by atoms with Gasteiger partial charge in [-0.1, -0.05) is 58.9 Å². The Balaban J connectivity index is 2.61. The van der Waals surface area contributed by atoms with E-state index in [1.165, 1.54) is 12.8 Å². The Kier molecular flexibility index (Phi) is 2.64. The fourth-order valence-corrected chi connectivity index (χ4v) is 3.88. The van der Waals surface area contributed by atoms with Crippen molar-refractivity contribution >= 4 is 0 Å². The summed E-state index contributed by atoms with van der Waals surface area (Å²) < 4.78 is 0. The molecule has 1 atom stereocenters. The van der Waals surface area contributed by atoms with Gasteiger partial charge in [-0.3, -0.25) is 0 Å². The molecule has 1 aliphatic rings. The first-order valence-corrected chi connectivity index (χ1v) is 6.48. The van der Waals surface area contributed by atoms with Crippen LogP contribution in [0.3, 0.4) is 0 Å². The topological polar surface area (TPSA) is 0 Å².